The van der Waals surface area contributed by atoms with E-state index in [4.69, 9.17) is 38.1 Å². The molecule has 0 aliphatic carbocycles. The maximum atomic E-state index is 12.5. The molecule has 0 bridgehead atoms. The second kappa shape index (κ2) is 8.98. The molecule has 30 heavy (non-hydrogen) atoms. The summed E-state index contributed by atoms with van der Waals surface area (Å²) >= 11 is 11.3. The molecule has 3 rings (SSSR count). The highest BCUT2D eigenvalue weighted by molar-refractivity contribution is 7.80. The van der Waals surface area contributed by atoms with Crippen LogP contribution in [0.2, 0.25) is 5.02 Å². The molecule has 0 unspecified atom stereocenters. The van der Waals surface area contributed by atoms with E-state index in [1.807, 2.05) is 19.1 Å². The van der Waals surface area contributed by atoms with Gasteiger partial charge in [0.15, 0.2) is 10.9 Å². The SMILES string of the molecule is COc1ccc(C(=O)O)cc1NC(=S)NC(=O)c1ccc(-c2ccc(C)c(Cl)c2)o1. The van der Waals surface area contributed by atoms with Crippen molar-refractivity contribution in [2.75, 3.05) is 12.4 Å². The third-order valence-corrected chi connectivity index (χ3v) is 4.82. The lowest BCUT2D eigenvalue weighted by molar-refractivity contribution is 0.0696. The summed E-state index contributed by atoms with van der Waals surface area (Å²) in [7, 11) is 1.43. The number of furan rings is 1. The molecule has 0 saturated carbocycles. The first kappa shape index (κ1) is 21.4. The van der Waals surface area contributed by atoms with Gasteiger partial charge >= 0.3 is 5.97 Å². The minimum atomic E-state index is -1.10. The van der Waals surface area contributed by atoms with E-state index in [0.717, 1.165) is 11.1 Å². The van der Waals surface area contributed by atoms with E-state index in [9.17, 15) is 9.59 Å². The number of hydrogen-bond donors (Lipinski definition) is 3. The van der Waals surface area contributed by atoms with Gasteiger partial charge in [0.25, 0.3) is 5.91 Å². The molecule has 1 aromatic heterocycles. The highest BCUT2D eigenvalue weighted by atomic mass is 35.5. The first-order valence-corrected chi connectivity index (χ1v) is 9.47. The third kappa shape index (κ3) is 4.79. The summed E-state index contributed by atoms with van der Waals surface area (Å²) in [4.78, 5) is 23.6. The Balaban J connectivity index is 1.71. The number of aromatic carboxylic acids is 1. The van der Waals surface area contributed by atoms with E-state index >= 15 is 0 Å². The number of hydrogen-bond acceptors (Lipinski definition) is 5. The number of ether oxygens (including phenoxy) is 1. The third-order valence-electron chi connectivity index (χ3n) is 4.21. The molecule has 3 N–H and O–H groups in total. The molecular formula is C21H17ClN2O5S. The number of halogens is 1. The Kier molecular flexibility index (Phi) is 6.39. The lowest BCUT2D eigenvalue weighted by atomic mass is 10.1. The molecule has 3 aromatic rings. The van der Waals surface area contributed by atoms with Crippen molar-refractivity contribution in [3.8, 4) is 17.1 Å². The number of carbonyl (C=O) groups is 2. The first-order chi connectivity index (χ1) is 14.3. The topological polar surface area (TPSA) is 101 Å². The van der Waals surface area contributed by atoms with Crippen LogP contribution in [0.3, 0.4) is 0 Å². The molecule has 2 aromatic carbocycles. The minimum absolute atomic E-state index is 0.0415. The van der Waals surface area contributed by atoms with Crippen LogP contribution in [0.1, 0.15) is 26.5 Å². The minimum Gasteiger partial charge on any atom is -0.495 e. The van der Waals surface area contributed by atoms with Gasteiger partial charge < -0.3 is 19.6 Å². The number of carboxylic acids is 1. The van der Waals surface area contributed by atoms with E-state index < -0.39 is 11.9 Å². The van der Waals surface area contributed by atoms with E-state index in [1.54, 1.807) is 12.1 Å². The number of carboxylic acid groups (broad SMARTS) is 1. The second-order valence-corrected chi connectivity index (χ2v) is 7.07. The summed E-state index contributed by atoms with van der Waals surface area (Å²) in [5.41, 5.74) is 2.02. The number of thiocarbonyl (C=S) groups is 1. The van der Waals surface area contributed by atoms with Crippen LogP contribution in [0.15, 0.2) is 52.9 Å². The highest BCUT2D eigenvalue weighted by Gasteiger charge is 2.16. The van der Waals surface area contributed by atoms with Gasteiger partial charge in [-0.15, -0.1) is 0 Å². The molecular weight excluding hydrogens is 428 g/mol. The summed E-state index contributed by atoms with van der Waals surface area (Å²) in [5, 5.41) is 14.9. The average Bonchev–Trinajstić information content (AvgIpc) is 3.20. The molecule has 154 valence electrons. The van der Waals surface area contributed by atoms with Gasteiger partial charge in [-0.1, -0.05) is 23.7 Å². The Morgan fingerprint density at radius 3 is 2.57 bits per heavy atom. The zero-order valence-electron chi connectivity index (χ0n) is 16.0. The van der Waals surface area contributed by atoms with Gasteiger partial charge in [-0.05, 0) is 61.1 Å². The lowest BCUT2D eigenvalue weighted by Gasteiger charge is -2.13. The fraction of sp³-hybridized carbons (Fsp3) is 0.0952. The second-order valence-electron chi connectivity index (χ2n) is 6.26. The van der Waals surface area contributed by atoms with Gasteiger partial charge in [-0.3, -0.25) is 10.1 Å². The average molecular weight is 445 g/mol. The number of benzene rings is 2. The maximum absolute atomic E-state index is 12.5. The van der Waals surface area contributed by atoms with Crippen LogP contribution in [0.25, 0.3) is 11.3 Å². The van der Waals surface area contributed by atoms with E-state index in [1.165, 1.54) is 31.4 Å². The number of nitrogens with one attached hydrogen (secondary N) is 2. The molecule has 9 heteroatoms. The molecule has 0 fully saturated rings. The van der Waals surface area contributed by atoms with Gasteiger partial charge in [0.1, 0.15) is 11.5 Å². The van der Waals surface area contributed by atoms with Crippen LogP contribution in [0, 0.1) is 6.92 Å². The van der Waals surface area contributed by atoms with Gasteiger partial charge in [-0.25, -0.2) is 4.79 Å². The van der Waals surface area contributed by atoms with Crippen LogP contribution < -0.4 is 15.4 Å². The molecule has 1 heterocycles. The fourth-order valence-electron chi connectivity index (χ4n) is 2.62. The summed E-state index contributed by atoms with van der Waals surface area (Å²) in [5.74, 6) is -0.762. The number of amides is 1. The molecule has 7 nitrogen and oxygen atoms in total. The van der Waals surface area contributed by atoms with Crippen LogP contribution in [-0.4, -0.2) is 29.2 Å². The van der Waals surface area contributed by atoms with Crippen LogP contribution in [-0.2, 0) is 0 Å². The Morgan fingerprint density at radius 1 is 1.13 bits per heavy atom. The Morgan fingerprint density at radius 2 is 1.90 bits per heavy atom. The number of anilines is 1. The van der Waals surface area contributed by atoms with Crippen molar-refractivity contribution in [3.63, 3.8) is 0 Å². The van der Waals surface area contributed by atoms with Gasteiger partial charge in [-0.2, -0.15) is 0 Å². The number of carbonyl (C=O) groups excluding carboxylic acids is 1. The molecule has 0 saturated heterocycles. The maximum Gasteiger partial charge on any atom is 0.335 e. The molecule has 0 aliphatic heterocycles. The van der Waals surface area contributed by atoms with Gasteiger partial charge in [0, 0.05) is 10.6 Å². The van der Waals surface area contributed by atoms with Crippen molar-refractivity contribution in [2.24, 2.45) is 0 Å². The normalized spacial score (nSPS) is 10.4. The van der Waals surface area contributed by atoms with Crippen molar-refractivity contribution in [3.05, 3.63) is 70.4 Å². The molecule has 1 amide bonds. The summed E-state index contributed by atoms with van der Waals surface area (Å²) in [6.07, 6.45) is 0. The van der Waals surface area contributed by atoms with Crippen LogP contribution in [0.4, 0.5) is 5.69 Å². The van der Waals surface area contributed by atoms with E-state index in [-0.39, 0.29) is 16.4 Å². The summed E-state index contributed by atoms with van der Waals surface area (Å²) in [6.45, 7) is 1.89. The van der Waals surface area contributed by atoms with Crippen molar-refractivity contribution in [1.82, 2.24) is 5.32 Å². The number of rotatable bonds is 5. The fourth-order valence-corrected chi connectivity index (χ4v) is 3.00. The van der Waals surface area contributed by atoms with Crippen LogP contribution >= 0.6 is 23.8 Å². The van der Waals surface area contributed by atoms with Crippen molar-refractivity contribution < 1.29 is 23.8 Å². The molecule has 0 radical (unpaired) electrons. The van der Waals surface area contributed by atoms with Crippen LogP contribution in [0.5, 0.6) is 5.75 Å². The zero-order valence-corrected chi connectivity index (χ0v) is 17.6. The van der Waals surface area contributed by atoms with Crippen molar-refractivity contribution >= 4 is 46.5 Å². The monoisotopic (exact) mass is 444 g/mol. The smallest absolute Gasteiger partial charge is 0.335 e. The Hall–Kier alpha value is -3.36. The Labute approximate surface area is 182 Å². The van der Waals surface area contributed by atoms with E-state index in [2.05, 4.69) is 10.6 Å². The van der Waals surface area contributed by atoms with Gasteiger partial charge in [0.2, 0.25) is 0 Å². The van der Waals surface area contributed by atoms with Gasteiger partial charge in [0.05, 0.1) is 18.4 Å². The lowest BCUT2D eigenvalue weighted by Crippen LogP contribution is -2.34. The zero-order chi connectivity index (χ0) is 21.8. The van der Waals surface area contributed by atoms with Crippen molar-refractivity contribution in [2.45, 2.75) is 6.92 Å². The number of aryl methyl sites for hydroxylation is 1. The first-order valence-electron chi connectivity index (χ1n) is 8.68. The largest absolute Gasteiger partial charge is 0.495 e. The standard InChI is InChI=1S/C21H17ClN2O5S/c1-11-3-4-12(9-14(11)22)16-7-8-18(29-16)19(25)24-21(30)23-15-10-13(20(26)27)5-6-17(15)28-2/h3-10H,1-2H3,(H,26,27)(H2,23,24,25,30). The predicted octanol–water partition coefficient (Wildman–Crippen LogP) is 4.74. The predicted molar refractivity (Wildman–Crippen MR) is 118 cm³/mol. The molecule has 0 aliphatic rings. The molecule has 0 atom stereocenters. The summed E-state index contributed by atoms with van der Waals surface area (Å²) < 4.78 is 10.8. The highest BCUT2D eigenvalue weighted by Crippen LogP contribution is 2.27. The molecule has 0 spiro atoms. The summed E-state index contributed by atoms with van der Waals surface area (Å²) in [6, 6.07) is 12.9. The van der Waals surface area contributed by atoms with E-state index in [0.29, 0.717) is 22.2 Å². The Bertz CT molecular complexity index is 1140. The van der Waals surface area contributed by atoms with Crippen molar-refractivity contribution in [1.29, 1.82) is 0 Å². The number of methoxy groups -OCH3 is 1. The quantitative estimate of drug-likeness (QED) is 0.488.